The molecule has 0 unspecified atom stereocenters. The third-order valence-corrected chi connectivity index (χ3v) is 2.00. The van der Waals surface area contributed by atoms with Crippen molar-refractivity contribution < 1.29 is 4.74 Å². The van der Waals surface area contributed by atoms with Gasteiger partial charge < -0.3 is 4.74 Å². The predicted molar refractivity (Wildman–Crippen MR) is 56.5 cm³/mol. The Morgan fingerprint density at radius 1 is 1.07 bits per heavy atom. The zero-order chi connectivity index (χ0) is 9.80. The first kappa shape index (κ1) is 8.82. The third-order valence-electron chi connectivity index (χ3n) is 2.00. The highest BCUT2D eigenvalue weighted by molar-refractivity contribution is 5.36. The van der Waals surface area contributed by atoms with E-state index in [-0.39, 0.29) is 0 Å². The van der Waals surface area contributed by atoms with Crippen LogP contribution in [0.5, 0.6) is 11.5 Å². The maximum atomic E-state index is 5.68. The van der Waals surface area contributed by atoms with Gasteiger partial charge in [-0.3, -0.25) is 0 Å². The Kier molecular flexibility index (Phi) is 2.50. The van der Waals surface area contributed by atoms with Crippen LogP contribution in [0.1, 0.15) is 5.56 Å². The maximum absolute atomic E-state index is 5.68. The molecule has 0 aliphatic carbocycles. The minimum absolute atomic E-state index is 0.857. The highest BCUT2D eigenvalue weighted by Crippen LogP contribution is 2.23. The molecule has 0 aliphatic rings. The van der Waals surface area contributed by atoms with Crippen LogP contribution in [0.3, 0.4) is 0 Å². The Hall–Kier alpha value is -1.76. The van der Waals surface area contributed by atoms with Crippen LogP contribution < -0.4 is 4.74 Å². The van der Waals surface area contributed by atoms with E-state index in [4.69, 9.17) is 4.74 Å². The van der Waals surface area contributed by atoms with Gasteiger partial charge in [-0.2, -0.15) is 0 Å². The molecular formula is C13H11O. The molecule has 1 nitrogen and oxygen atoms in total. The number of para-hydroxylation sites is 1. The fourth-order valence-electron chi connectivity index (χ4n) is 1.22. The smallest absolute Gasteiger partial charge is 0.130 e. The third kappa shape index (κ3) is 1.94. The standard InChI is InChI=1S/C13H11O/c1-11-7-5-6-10-13(11)14-12-8-3-2-4-9-12/h2-5,7-10H,1H3. The van der Waals surface area contributed by atoms with Gasteiger partial charge in [0.1, 0.15) is 11.5 Å². The lowest BCUT2D eigenvalue weighted by Crippen LogP contribution is -1.86. The summed E-state index contributed by atoms with van der Waals surface area (Å²) in [4.78, 5) is 0. The Balaban J connectivity index is 2.24. The number of aryl methyl sites for hydroxylation is 1. The minimum Gasteiger partial charge on any atom is -0.457 e. The van der Waals surface area contributed by atoms with Crippen molar-refractivity contribution in [3.05, 3.63) is 60.2 Å². The summed E-state index contributed by atoms with van der Waals surface area (Å²) in [6.45, 7) is 2.02. The van der Waals surface area contributed by atoms with E-state index in [9.17, 15) is 0 Å². The summed E-state index contributed by atoms with van der Waals surface area (Å²) in [6, 6.07) is 18.5. The van der Waals surface area contributed by atoms with Crippen LogP contribution >= 0.6 is 0 Å². The number of hydrogen-bond acceptors (Lipinski definition) is 1. The largest absolute Gasteiger partial charge is 0.457 e. The summed E-state index contributed by atoms with van der Waals surface area (Å²) in [5.74, 6) is 1.72. The van der Waals surface area contributed by atoms with E-state index < -0.39 is 0 Å². The molecule has 0 saturated heterocycles. The molecule has 0 atom stereocenters. The summed E-state index contributed by atoms with van der Waals surface area (Å²) < 4.78 is 5.68. The predicted octanol–water partition coefficient (Wildman–Crippen LogP) is 3.59. The molecule has 1 heteroatoms. The van der Waals surface area contributed by atoms with Gasteiger partial charge >= 0.3 is 0 Å². The lowest BCUT2D eigenvalue weighted by atomic mass is 10.2. The molecule has 1 radical (unpaired) electrons. The van der Waals surface area contributed by atoms with E-state index in [1.165, 1.54) is 0 Å². The van der Waals surface area contributed by atoms with E-state index in [1.54, 1.807) is 0 Å². The molecule has 0 N–H and O–H groups in total. The molecule has 69 valence electrons. The quantitative estimate of drug-likeness (QED) is 0.691. The van der Waals surface area contributed by atoms with Crippen molar-refractivity contribution >= 4 is 0 Å². The summed E-state index contributed by atoms with van der Waals surface area (Å²) in [5, 5.41) is 0. The van der Waals surface area contributed by atoms with E-state index in [1.807, 2.05) is 55.5 Å². The molecular weight excluding hydrogens is 172 g/mol. The van der Waals surface area contributed by atoms with Crippen molar-refractivity contribution in [3.63, 3.8) is 0 Å². The molecule has 0 spiro atoms. The van der Waals surface area contributed by atoms with Gasteiger partial charge in [0.05, 0.1) is 0 Å². The van der Waals surface area contributed by atoms with Crippen LogP contribution in [-0.4, -0.2) is 0 Å². The second-order valence-corrected chi connectivity index (χ2v) is 3.11. The van der Waals surface area contributed by atoms with Gasteiger partial charge in [-0.25, -0.2) is 0 Å². The van der Waals surface area contributed by atoms with Crippen molar-refractivity contribution in [2.24, 2.45) is 0 Å². The van der Waals surface area contributed by atoms with Crippen LogP contribution in [0.2, 0.25) is 0 Å². The zero-order valence-corrected chi connectivity index (χ0v) is 8.03. The number of hydrogen-bond donors (Lipinski definition) is 0. The average Bonchev–Trinajstić information content (AvgIpc) is 2.23. The first-order chi connectivity index (χ1) is 6.86. The van der Waals surface area contributed by atoms with Gasteiger partial charge in [-0.15, -0.1) is 0 Å². The fraction of sp³-hybridized carbons (Fsp3) is 0.0769. The summed E-state index contributed by atoms with van der Waals surface area (Å²) in [6.07, 6.45) is 0. The SMILES string of the molecule is Cc1cc[c]cc1Oc1ccccc1. The number of ether oxygens (including phenoxy) is 1. The van der Waals surface area contributed by atoms with Gasteiger partial charge in [-0.1, -0.05) is 30.3 Å². The van der Waals surface area contributed by atoms with E-state index in [0.717, 1.165) is 17.1 Å². The molecule has 0 bridgehead atoms. The summed E-state index contributed by atoms with van der Waals surface area (Å²) in [5.41, 5.74) is 1.12. The van der Waals surface area contributed by atoms with Gasteiger partial charge in [-0.05, 0) is 36.8 Å². The normalized spacial score (nSPS) is 9.79. The number of benzene rings is 2. The van der Waals surface area contributed by atoms with E-state index in [2.05, 4.69) is 6.07 Å². The fourth-order valence-corrected chi connectivity index (χ4v) is 1.22. The van der Waals surface area contributed by atoms with Crippen molar-refractivity contribution in [1.29, 1.82) is 0 Å². The van der Waals surface area contributed by atoms with Crippen molar-refractivity contribution in [2.75, 3.05) is 0 Å². The van der Waals surface area contributed by atoms with Crippen molar-refractivity contribution in [2.45, 2.75) is 6.92 Å². The van der Waals surface area contributed by atoms with Gasteiger partial charge in [0.15, 0.2) is 0 Å². The van der Waals surface area contributed by atoms with E-state index >= 15 is 0 Å². The maximum Gasteiger partial charge on any atom is 0.130 e. The van der Waals surface area contributed by atoms with Gasteiger partial charge in [0.25, 0.3) is 0 Å². The molecule has 0 aromatic heterocycles. The Morgan fingerprint density at radius 3 is 2.57 bits per heavy atom. The van der Waals surface area contributed by atoms with Crippen molar-refractivity contribution in [3.8, 4) is 11.5 Å². The minimum atomic E-state index is 0.857. The molecule has 2 aromatic carbocycles. The first-order valence-electron chi connectivity index (χ1n) is 4.56. The Bertz CT molecular complexity index is 407. The Labute approximate surface area is 84.0 Å². The second-order valence-electron chi connectivity index (χ2n) is 3.11. The molecule has 0 aliphatic heterocycles. The lowest BCUT2D eigenvalue weighted by Gasteiger charge is -2.07. The van der Waals surface area contributed by atoms with Crippen molar-refractivity contribution in [1.82, 2.24) is 0 Å². The molecule has 0 amide bonds. The van der Waals surface area contributed by atoms with Crippen LogP contribution in [0, 0.1) is 13.0 Å². The average molecular weight is 183 g/mol. The summed E-state index contributed by atoms with van der Waals surface area (Å²) >= 11 is 0. The molecule has 14 heavy (non-hydrogen) atoms. The molecule has 2 aromatic rings. The van der Waals surface area contributed by atoms with Gasteiger partial charge in [0, 0.05) is 0 Å². The second kappa shape index (κ2) is 3.97. The van der Waals surface area contributed by atoms with E-state index in [0.29, 0.717) is 0 Å². The van der Waals surface area contributed by atoms with Crippen LogP contribution in [0.15, 0.2) is 48.5 Å². The topological polar surface area (TPSA) is 9.23 Å². The van der Waals surface area contributed by atoms with Crippen LogP contribution in [-0.2, 0) is 0 Å². The van der Waals surface area contributed by atoms with Crippen LogP contribution in [0.25, 0.3) is 0 Å². The summed E-state index contributed by atoms with van der Waals surface area (Å²) in [7, 11) is 0. The zero-order valence-electron chi connectivity index (χ0n) is 8.03. The Morgan fingerprint density at radius 2 is 1.86 bits per heavy atom. The highest BCUT2D eigenvalue weighted by Gasteiger charge is 1.98. The van der Waals surface area contributed by atoms with Gasteiger partial charge in [0.2, 0.25) is 0 Å². The number of rotatable bonds is 2. The molecule has 0 heterocycles. The molecule has 0 fully saturated rings. The lowest BCUT2D eigenvalue weighted by molar-refractivity contribution is 0.479. The highest BCUT2D eigenvalue weighted by atomic mass is 16.5. The first-order valence-corrected chi connectivity index (χ1v) is 4.56. The monoisotopic (exact) mass is 183 g/mol. The van der Waals surface area contributed by atoms with Crippen LogP contribution in [0.4, 0.5) is 0 Å². The molecule has 2 rings (SSSR count). The molecule has 0 saturated carbocycles.